The van der Waals surface area contributed by atoms with Gasteiger partial charge in [0.2, 0.25) is 0 Å². The van der Waals surface area contributed by atoms with Crippen molar-refractivity contribution < 1.29 is 18.0 Å². The molecule has 1 aliphatic rings. The number of carbonyl (C=O) groups excluding carboxylic acids is 1. The molecule has 1 aromatic carbocycles. The summed E-state index contributed by atoms with van der Waals surface area (Å²) in [5.74, 6) is -2.20. The van der Waals surface area contributed by atoms with Crippen LogP contribution in [0.3, 0.4) is 0 Å². The van der Waals surface area contributed by atoms with Crippen LogP contribution in [0.25, 0.3) is 11.4 Å². The second-order valence-electron chi connectivity index (χ2n) is 7.64. The number of likely N-dealkylation sites (tertiary alicyclic amines) is 1. The van der Waals surface area contributed by atoms with Gasteiger partial charge < -0.3 is 4.90 Å². The second kappa shape index (κ2) is 8.75. The summed E-state index contributed by atoms with van der Waals surface area (Å²) < 4.78 is 43.8. The third-order valence-electron chi connectivity index (χ3n) is 5.57. The van der Waals surface area contributed by atoms with Gasteiger partial charge in [-0.25, -0.2) is 23.1 Å². The molecule has 1 saturated heterocycles. The van der Waals surface area contributed by atoms with Crippen molar-refractivity contribution in [2.24, 2.45) is 0 Å². The number of nitriles is 1. The average Bonchev–Trinajstić information content (AvgIpc) is 2.82. The maximum Gasteiger partial charge on any atom is 0.256 e. The predicted octanol–water partition coefficient (Wildman–Crippen LogP) is 3.88. The molecular formula is C23H18F3N5O. The van der Waals surface area contributed by atoms with Crippen LogP contribution in [-0.2, 0) is 6.42 Å². The highest BCUT2D eigenvalue weighted by atomic mass is 19.1. The minimum absolute atomic E-state index is 0.0687. The molecule has 2 aromatic heterocycles. The molecule has 6 nitrogen and oxygen atoms in total. The Morgan fingerprint density at radius 2 is 1.84 bits per heavy atom. The number of rotatable bonds is 4. The van der Waals surface area contributed by atoms with Gasteiger partial charge in [-0.3, -0.25) is 9.78 Å². The maximum atomic E-state index is 15.4. The van der Waals surface area contributed by atoms with Gasteiger partial charge in [0.15, 0.2) is 0 Å². The summed E-state index contributed by atoms with van der Waals surface area (Å²) in [6.45, 7) is 0.180. The maximum absolute atomic E-state index is 15.4. The lowest BCUT2D eigenvalue weighted by Crippen LogP contribution is -2.45. The molecule has 1 aliphatic heterocycles. The number of piperidine rings is 1. The third kappa shape index (κ3) is 4.30. The fourth-order valence-electron chi connectivity index (χ4n) is 3.82. The number of aromatic nitrogens is 3. The molecule has 4 rings (SSSR count). The molecule has 3 heterocycles. The molecule has 0 unspecified atom stereocenters. The Morgan fingerprint density at radius 1 is 1.12 bits per heavy atom. The summed E-state index contributed by atoms with van der Waals surface area (Å²) in [4.78, 5) is 26.9. The summed E-state index contributed by atoms with van der Waals surface area (Å²) >= 11 is 0. The van der Waals surface area contributed by atoms with Crippen molar-refractivity contribution in [3.05, 3.63) is 77.4 Å². The number of nitrogens with zero attached hydrogens (tertiary/aromatic N) is 5. The molecule has 162 valence electrons. The van der Waals surface area contributed by atoms with Crippen molar-refractivity contribution in [2.75, 3.05) is 13.1 Å². The molecule has 0 bridgehead atoms. The van der Waals surface area contributed by atoms with E-state index in [0.717, 1.165) is 12.1 Å². The summed E-state index contributed by atoms with van der Waals surface area (Å²) in [7, 11) is 0. The summed E-state index contributed by atoms with van der Waals surface area (Å²) in [6, 6.07) is 8.38. The first-order valence-electron chi connectivity index (χ1n) is 9.98. The zero-order valence-electron chi connectivity index (χ0n) is 16.9. The Hall–Kier alpha value is -3.80. The average molecular weight is 437 g/mol. The van der Waals surface area contributed by atoms with Gasteiger partial charge in [0.1, 0.15) is 29.3 Å². The van der Waals surface area contributed by atoms with Crippen LogP contribution in [0.1, 0.15) is 34.3 Å². The molecular weight excluding hydrogens is 419 g/mol. The van der Waals surface area contributed by atoms with Gasteiger partial charge in [0, 0.05) is 37.5 Å². The highest BCUT2D eigenvalue weighted by molar-refractivity contribution is 5.99. The molecule has 0 atom stereocenters. The number of amides is 1. The largest absolute Gasteiger partial charge is 0.338 e. The van der Waals surface area contributed by atoms with Crippen LogP contribution in [0.2, 0.25) is 0 Å². The number of pyridine rings is 1. The number of halogens is 3. The van der Waals surface area contributed by atoms with Crippen molar-refractivity contribution in [3.8, 4) is 17.5 Å². The molecule has 9 heteroatoms. The standard InChI is InChI=1S/C23H18F3N5O/c24-18-10-15(13-27)11-19(25)17(18)12-23(26)4-8-31(9-5-23)22(32)16-2-1-6-29-21(16)20-3-7-28-14-30-20/h1-3,6-7,10-11,14H,4-5,8-9,12H2. The highest BCUT2D eigenvalue weighted by Gasteiger charge is 2.38. The Labute approximate surface area is 182 Å². The minimum atomic E-state index is -1.86. The van der Waals surface area contributed by atoms with E-state index >= 15 is 4.39 Å². The lowest BCUT2D eigenvalue weighted by molar-refractivity contribution is 0.0430. The zero-order chi connectivity index (χ0) is 22.7. The Kier molecular flexibility index (Phi) is 5.86. The smallest absolute Gasteiger partial charge is 0.256 e. The SMILES string of the molecule is N#Cc1cc(F)c(CC2(F)CCN(C(=O)c3cccnc3-c3ccncn3)CC2)c(F)c1. The van der Waals surface area contributed by atoms with E-state index in [-0.39, 0.29) is 43.0 Å². The fraction of sp³-hybridized carbons (Fsp3) is 0.261. The van der Waals surface area contributed by atoms with E-state index in [1.807, 2.05) is 0 Å². The highest BCUT2D eigenvalue weighted by Crippen LogP contribution is 2.33. The van der Waals surface area contributed by atoms with Gasteiger partial charge in [-0.05, 0) is 43.2 Å². The minimum Gasteiger partial charge on any atom is -0.338 e. The lowest BCUT2D eigenvalue weighted by atomic mass is 9.86. The molecule has 1 amide bonds. The van der Waals surface area contributed by atoms with Crippen molar-refractivity contribution in [1.82, 2.24) is 19.9 Å². The molecule has 3 aromatic rings. The number of benzene rings is 1. The van der Waals surface area contributed by atoms with Gasteiger partial charge >= 0.3 is 0 Å². The van der Waals surface area contributed by atoms with E-state index in [0.29, 0.717) is 17.0 Å². The van der Waals surface area contributed by atoms with Gasteiger partial charge in [-0.1, -0.05) is 0 Å². The van der Waals surface area contributed by atoms with Crippen molar-refractivity contribution >= 4 is 5.91 Å². The summed E-state index contributed by atoms with van der Waals surface area (Å²) in [5, 5.41) is 8.81. The molecule has 0 aliphatic carbocycles. The van der Waals surface area contributed by atoms with E-state index in [1.54, 1.807) is 36.7 Å². The Balaban J connectivity index is 1.49. The summed E-state index contributed by atoms with van der Waals surface area (Å²) in [5.41, 5.74) is -1.18. The van der Waals surface area contributed by atoms with E-state index in [9.17, 15) is 13.6 Å². The van der Waals surface area contributed by atoms with Gasteiger partial charge in [-0.15, -0.1) is 0 Å². The first kappa shape index (κ1) is 21.4. The molecule has 0 saturated carbocycles. The Bertz CT molecular complexity index is 1160. The first-order valence-corrected chi connectivity index (χ1v) is 9.98. The van der Waals surface area contributed by atoms with Crippen molar-refractivity contribution in [3.63, 3.8) is 0 Å². The Morgan fingerprint density at radius 3 is 2.47 bits per heavy atom. The number of alkyl halides is 1. The first-order chi connectivity index (χ1) is 15.4. The normalized spacial score (nSPS) is 15.2. The van der Waals surface area contributed by atoms with Crippen molar-refractivity contribution in [2.45, 2.75) is 24.9 Å². The third-order valence-corrected chi connectivity index (χ3v) is 5.57. The molecule has 0 N–H and O–H groups in total. The molecule has 0 radical (unpaired) electrons. The molecule has 0 spiro atoms. The fourth-order valence-corrected chi connectivity index (χ4v) is 3.82. The lowest BCUT2D eigenvalue weighted by Gasteiger charge is -2.36. The van der Waals surface area contributed by atoms with E-state index in [2.05, 4.69) is 15.0 Å². The van der Waals surface area contributed by atoms with E-state index < -0.39 is 23.7 Å². The van der Waals surface area contributed by atoms with Crippen LogP contribution in [0.5, 0.6) is 0 Å². The van der Waals surface area contributed by atoms with Gasteiger partial charge in [-0.2, -0.15) is 5.26 Å². The van der Waals surface area contributed by atoms with E-state index in [4.69, 9.17) is 5.26 Å². The number of hydrogen-bond donors (Lipinski definition) is 0. The monoisotopic (exact) mass is 437 g/mol. The van der Waals surface area contributed by atoms with Crippen LogP contribution in [0, 0.1) is 23.0 Å². The molecule has 32 heavy (non-hydrogen) atoms. The molecule has 1 fully saturated rings. The quantitative estimate of drug-likeness (QED) is 0.619. The summed E-state index contributed by atoms with van der Waals surface area (Å²) in [6.07, 6.45) is 3.86. The predicted molar refractivity (Wildman–Crippen MR) is 109 cm³/mol. The number of carbonyl (C=O) groups is 1. The van der Waals surface area contributed by atoms with Gasteiger partial charge in [0.25, 0.3) is 5.91 Å². The van der Waals surface area contributed by atoms with Crippen LogP contribution >= 0.6 is 0 Å². The van der Waals surface area contributed by atoms with Crippen LogP contribution in [0.4, 0.5) is 13.2 Å². The number of hydrogen-bond acceptors (Lipinski definition) is 5. The zero-order valence-corrected chi connectivity index (χ0v) is 16.9. The second-order valence-corrected chi connectivity index (χ2v) is 7.64. The van der Waals surface area contributed by atoms with Gasteiger partial charge in [0.05, 0.1) is 22.9 Å². The van der Waals surface area contributed by atoms with Crippen molar-refractivity contribution in [1.29, 1.82) is 5.26 Å². The van der Waals surface area contributed by atoms with Crippen LogP contribution in [0.15, 0.2) is 49.1 Å². The topological polar surface area (TPSA) is 82.8 Å². The van der Waals surface area contributed by atoms with Crippen LogP contribution in [-0.4, -0.2) is 44.5 Å². The van der Waals surface area contributed by atoms with E-state index in [1.165, 1.54) is 11.2 Å². The van der Waals surface area contributed by atoms with Crippen LogP contribution < -0.4 is 0 Å².